The monoisotopic (exact) mass is 326 g/mol. The predicted octanol–water partition coefficient (Wildman–Crippen LogP) is -0.108. The summed E-state index contributed by atoms with van der Waals surface area (Å²) in [7, 11) is 0. The van der Waals surface area contributed by atoms with Gasteiger partial charge in [-0.3, -0.25) is 0 Å². The largest absolute Gasteiger partial charge is 0.394 e. The van der Waals surface area contributed by atoms with Gasteiger partial charge in [0, 0.05) is 0 Å². The zero-order valence-corrected chi connectivity index (χ0v) is 13.2. The van der Waals surface area contributed by atoms with Gasteiger partial charge in [0.2, 0.25) is 0 Å². The average molecular weight is 326 g/mol. The molecule has 0 bridgehead atoms. The fourth-order valence-electron chi connectivity index (χ4n) is 2.23. The number of hydrogen-bond acceptors (Lipinski definition) is 6. The second-order valence-corrected chi connectivity index (χ2v) is 5.58. The van der Waals surface area contributed by atoms with Gasteiger partial charge >= 0.3 is 0 Å². The van der Waals surface area contributed by atoms with Crippen LogP contribution in [0.4, 0.5) is 0 Å². The lowest BCUT2D eigenvalue weighted by atomic mass is 9.97. The fraction of sp³-hybridized carbons (Fsp3) is 0.529. The van der Waals surface area contributed by atoms with Crippen LogP contribution in [0.15, 0.2) is 36.9 Å². The third-order valence-corrected chi connectivity index (χ3v) is 3.61. The van der Waals surface area contributed by atoms with E-state index in [-0.39, 0.29) is 13.0 Å². The van der Waals surface area contributed by atoms with Gasteiger partial charge in [0.05, 0.1) is 19.3 Å². The highest BCUT2D eigenvalue weighted by Crippen LogP contribution is 2.16. The van der Waals surface area contributed by atoms with Crippen LogP contribution in [0.25, 0.3) is 0 Å². The number of rotatable bonds is 10. The van der Waals surface area contributed by atoms with Crippen molar-refractivity contribution < 1.29 is 30.3 Å². The Morgan fingerprint density at radius 3 is 2.39 bits per heavy atom. The number of aliphatic hydroxyl groups excluding tert-OH is 5. The first-order valence-electron chi connectivity index (χ1n) is 7.51. The van der Waals surface area contributed by atoms with Crippen molar-refractivity contribution >= 4 is 0 Å². The van der Waals surface area contributed by atoms with Crippen LogP contribution < -0.4 is 0 Å². The van der Waals surface area contributed by atoms with Crippen molar-refractivity contribution in [3.8, 4) is 0 Å². The molecule has 0 aliphatic carbocycles. The molecule has 130 valence electrons. The summed E-state index contributed by atoms with van der Waals surface area (Å²) in [6.07, 6.45) is -5.32. The quantitative estimate of drug-likeness (QED) is 0.384. The third kappa shape index (κ3) is 6.02. The fourth-order valence-corrected chi connectivity index (χ4v) is 2.23. The first kappa shape index (κ1) is 19.8. The van der Waals surface area contributed by atoms with Gasteiger partial charge in [-0.2, -0.15) is 0 Å². The predicted molar refractivity (Wildman–Crippen MR) is 85.7 cm³/mol. The highest BCUT2D eigenvalue weighted by Gasteiger charge is 2.34. The van der Waals surface area contributed by atoms with Crippen molar-refractivity contribution in [2.24, 2.45) is 0 Å². The molecular weight excluding hydrogens is 300 g/mol. The van der Waals surface area contributed by atoms with Crippen LogP contribution in [0.5, 0.6) is 0 Å². The molecule has 0 saturated heterocycles. The molecule has 0 aromatic heterocycles. The lowest BCUT2D eigenvalue weighted by Crippen LogP contribution is -2.50. The van der Waals surface area contributed by atoms with Crippen LogP contribution in [0.2, 0.25) is 0 Å². The Kier molecular flexibility index (Phi) is 8.40. The zero-order chi connectivity index (χ0) is 17.4. The molecule has 0 aliphatic heterocycles. The summed E-state index contributed by atoms with van der Waals surface area (Å²) in [6.45, 7) is 5.04. The lowest BCUT2D eigenvalue weighted by molar-refractivity contribution is -0.152. The SMILES string of the molecule is C=CCC(OCc1cccc(C)c1)C(O)C(O)C(O)C(O)CO. The summed E-state index contributed by atoms with van der Waals surface area (Å²) in [5.41, 5.74) is 1.99. The molecule has 1 rings (SSSR count). The maximum Gasteiger partial charge on any atom is 0.111 e. The Morgan fingerprint density at radius 1 is 1.13 bits per heavy atom. The van der Waals surface area contributed by atoms with Gasteiger partial charge in [-0.05, 0) is 18.9 Å². The molecule has 6 nitrogen and oxygen atoms in total. The van der Waals surface area contributed by atoms with Crippen LogP contribution >= 0.6 is 0 Å². The van der Waals surface area contributed by atoms with Crippen molar-refractivity contribution in [3.05, 3.63) is 48.0 Å². The molecule has 0 spiro atoms. The molecular formula is C17H26O6. The summed E-state index contributed by atoms with van der Waals surface area (Å²) in [4.78, 5) is 0. The van der Waals surface area contributed by atoms with Crippen LogP contribution in [0.3, 0.4) is 0 Å². The minimum absolute atomic E-state index is 0.225. The smallest absolute Gasteiger partial charge is 0.111 e. The molecule has 1 aromatic rings. The molecule has 0 aliphatic rings. The minimum atomic E-state index is -1.68. The Labute approximate surface area is 136 Å². The summed E-state index contributed by atoms with van der Waals surface area (Å²) >= 11 is 0. The van der Waals surface area contributed by atoms with Crippen molar-refractivity contribution in [2.45, 2.75) is 50.5 Å². The molecule has 0 amide bonds. The normalized spacial score (nSPS) is 18.0. The van der Waals surface area contributed by atoms with Crippen LogP contribution in [0, 0.1) is 6.92 Å². The molecule has 6 heteroatoms. The van der Waals surface area contributed by atoms with Crippen molar-refractivity contribution in [2.75, 3.05) is 6.61 Å². The van der Waals surface area contributed by atoms with E-state index in [0.29, 0.717) is 0 Å². The van der Waals surface area contributed by atoms with E-state index in [9.17, 15) is 20.4 Å². The summed E-state index contributed by atoms with van der Waals surface area (Å²) in [5, 5.41) is 48.0. The number of aliphatic hydroxyl groups is 5. The Hall–Kier alpha value is -1.28. The van der Waals surface area contributed by atoms with Gasteiger partial charge in [-0.15, -0.1) is 6.58 Å². The molecule has 0 fully saturated rings. The van der Waals surface area contributed by atoms with Gasteiger partial charge in [-0.1, -0.05) is 35.9 Å². The van der Waals surface area contributed by atoms with Crippen LogP contribution in [0.1, 0.15) is 17.5 Å². The summed E-state index contributed by atoms with van der Waals surface area (Å²) in [6, 6.07) is 7.67. The van der Waals surface area contributed by atoms with Gasteiger partial charge in [-0.25, -0.2) is 0 Å². The average Bonchev–Trinajstić information content (AvgIpc) is 2.55. The number of ether oxygens (including phenoxy) is 1. The topological polar surface area (TPSA) is 110 Å². The van der Waals surface area contributed by atoms with Crippen molar-refractivity contribution in [1.82, 2.24) is 0 Å². The molecule has 0 heterocycles. The van der Waals surface area contributed by atoms with Gasteiger partial charge in [0.1, 0.15) is 24.4 Å². The molecule has 23 heavy (non-hydrogen) atoms. The molecule has 5 N–H and O–H groups in total. The Bertz CT molecular complexity index is 478. The summed E-state index contributed by atoms with van der Waals surface area (Å²) < 4.78 is 5.63. The standard InChI is InChI=1S/C17H26O6/c1-3-5-14(16(21)17(22)15(20)13(19)9-18)23-10-12-7-4-6-11(2)8-12/h3-4,6-8,13-22H,1,5,9-10H2,2H3. The van der Waals surface area contributed by atoms with E-state index in [0.717, 1.165) is 11.1 Å². The number of aryl methyl sites for hydroxylation is 1. The van der Waals surface area contributed by atoms with Gasteiger partial charge < -0.3 is 30.3 Å². The van der Waals surface area contributed by atoms with Gasteiger partial charge in [0.25, 0.3) is 0 Å². The maximum atomic E-state index is 10.2. The first-order chi connectivity index (χ1) is 10.9. The summed E-state index contributed by atoms with van der Waals surface area (Å²) in [5.74, 6) is 0. The Morgan fingerprint density at radius 2 is 1.83 bits per heavy atom. The minimum Gasteiger partial charge on any atom is -0.394 e. The van der Waals surface area contributed by atoms with E-state index >= 15 is 0 Å². The van der Waals surface area contributed by atoms with E-state index in [2.05, 4.69) is 6.58 Å². The van der Waals surface area contributed by atoms with E-state index < -0.39 is 37.1 Å². The molecule has 0 radical (unpaired) electrons. The van der Waals surface area contributed by atoms with E-state index in [4.69, 9.17) is 9.84 Å². The van der Waals surface area contributed by atoms with E-state index in [1.54, 1.807) is 0 Å². The zero-order valence-electron chi connectivity index (χ0n) is 13.2. The second-order valence-electron chi connectivity index (χ2n) is 5.58. The van der Waals surface area contributed by atoms with Crippen LogP contribution in [-0.2, 0) is 11.3 Å². The maximum absolute atomic E-state index is 10.2. The van der Waals surface area contributed by atoms with E-state index in [1.807, 2.05) is 31.2 Å². The second kappa shape index (κ2) is 9.77. The van der Waals surface area contributed by atoms with Gasteiger partial charge in [0.15, 0.2) is 0 Å². The first-order valence-corrected chi connectivity index (χ1v) is 7.51. The lowest BCUT2D eigenvalue weighted by Gasteiger charge is -2.30. The van der Waals surface area contributed by atoms with Crippen LogP contribution in [-0.4, -0.2) is 62.7 Å². The van der Waals surface area contributed by atoms with Crippen molar-refractivity contribution in [1.29, 1.82) is 0 Å². The molecule has 5 atom stereocenters. The molecule has 1 aromatic carbocycles. The van der Waals surface area contributed by atoms with E-state index in [1.165, 1.54) is 6.08 Å². The number of hydrogen-bond donors (Lipinski definition) is 5. The molecule has 0 saturated carbocycles. The number of benzene rings is 1. The third-order valence-electron chi connectivity index (χ3n) is 3.61. The Balaban J connectivity index is 2.70. The highest BCUT2D eigenvalue weighted by molar-refractivity contribution is 5.21. The highest BCUT2D eigenvalue weighted by atomic mass is 16.5. The molecule has 5 unspecified atom stereocenters. The van der Waals surface area contributed by atoms with Crippen molar-refractivity contribution in [3.63, 3.8) is 0 Å².